The molecule has 0 aromatic heterocycles. The summed E-state index contributed by atoms with van der Waals surface area (Å²) in [6.07, 6.45) is -7.26. The van der Waals surface area contributed by atoms with Crippen LogP contribution < -0.4 is 0 Å². The van der Waals surface area contributed by atoms with Gasteiger partial charge in [-0.3, -0.25) is 9.59 Å². The quantitative estimate of drug-likeness (QED) is 0.435. The van der Waals surface area contributed by atoms with E-state index in [4.69, 9.17) is 0 Å². The van der Waals surface area contributed by atoms with Crippen molar-refractivity contribution in [2.75, 3.05) is 0 Å². The molecular weight excluding hydrogens is 353 g/mol. The van der Waals surface area contributed by atoms with E-state index in [1.807, 2.05) is 0 Å². The Labute approximate surface area is 131 Å². The van der Waals surface area contributed by atoms with Crippen LogP contribution in [0.3, 0.4) is 0 Å². The van der Waals surface area contributed by atoms with Crippen molar-refractivity contribution in [3.05, 3.63) is 0 Å². The van der Waals surface area contributed by atoms with Crippen molar-refractivity contribution >= 4 is 11.9 Å². The molecule has 1 aliphatic carbocycles. The minimum atomic E-state index is -6.63. The van der Waals surface area contributed by atoms with Crippen LogP contribution in [-0.4, -0.2) is 35.7 Å². The Balaban J connectivity index is 2.56. The van der Waals surface area contributed by atoms with Gasteiger partial charge in [0.2, 0.25) is 0 Å². The van der Waals surface area contributed by atoms with Crippen LogP contribution in [-0.2, 0) is 19.1 Å². The molecule has 0 aromatic carbocycles. The van der Waals surface area contributed by atoms with Gasteiger partial charge in [0.1, 0.15) is 6.42 Å². The average Bonchev–Trinajstić information content (AvgIpc) is 2.45. The van der Waals surface area contributed by atoms with Crippen LogP contribution in [0.25, 0.3) is 0 Å². The molecule has 0 radical (unpaired) electrons. The summed E-state index contributed by atoms with van der Waals surface area (Å²) in [6, 6.07) is 0. The highest BCUT2D eigenvalue weighted by Gasteiger charge is 2.84. The van der Waals surface area contributed by atoms with E-state index < -0.39 is 48.1 Å². The zero-order valence-electron chi connectivity index (χ0n) is 12.1. The van der Waals surface area contributed by atoms with Crippen LogP contribution in [0.15, 0.2) is 0 Å². The van der Waals surface area contributed by atoms with Gasteiger partial charge in [-0.25, -0.2) is 0 Å². The third-order valence-electron chi connectivity index (χ3n) is 4.15. The summed E-state index contributed by atoms with van der Waals surface area (Å²) in [7, 11) is 0. The second-order valence-electron chi connectivity index (χ2n) is 5.77. The largest absolute Gasteiger partial charge is 0.460 e. The number of alkyl halides is 7. The summed E-state index contributed by atoms with van der Waals surface area (Å²) in [5.41, 5.74) is 0. The molecule has 1 heterocycles. The highest BCUT2D eigenvalue weighted by Crippen LogP contribution is 2.57. The first-order valence-corrected chi connectivity index (χ1v) is 7.11. The Morgan fingerprint density at radius 3 is 1.71 bits per heavy atom. The fourth-order valence-electron chi connectivity index (χ4n) is 2.98. The second kappa shape index (κ2) is 5.76. The van der Waals surface area contributed by atoms with Crippen molar-refractivity contribution in [3.63, 3.8) is 0 Å². The molecule has 0 unspecified atom stereocenters. The van der Waals surface area contributed by atoms with E-state index in [0.717, 1.165) is 0 Å². The summed E-state index contributed by atoms with van der Waals surface area (Å²) >= 11 is 0. The average molecular weight is 366 g/mol. The molecule has 1 saturated heterocycles. The van der Waals surface area contributed by atoms with Gasteiger partial charge in [0.05, 0.1) is 0 Å². The Morgan fingerprint density at radius 1 is 0.833 bits per heavy atom. The standard InChI is InChI=1S/C13H13F7O4/c14-11(15,12(16,17)13(18,19)20)10(7-4-2-1-3-5-7)23-8(21)6-9(22)24-10/h7H,1-6H2. The Morgan fingerprint density at radius 2 is 1.29 bits per heavy atom. The molecule has 24 heavy (non-hydrogen) atoms. The lowest BCUT2D eigenvalue weighted by atomic mass is 9.78. The van der Waals surface area contributed by atoms with E-state index in [0.29, 0.717) is 6.42 Å². The molecule has 2 aliphatic rings. The molecule has 1 saturated carbocycles. The highest BCUT2D eigenvalue weighted by atomic mass is 19.4. The van der Waals surface area contributed by atoms with Gasteiger partial charge >= 0.3 is 35.7 Å². The van der Waals surface area contributed by atoms with E-state index >= 15 is 0 Å². The van der Waals surface area contributed by atoms with Crippen LogP contribution in [0, 0.1) is 5.92 Å². The van der Waals surface area contributed by atoms with Gasteiger partial charge < -0.3 is 9.47 Å². The number of hydrogen-bond acceptors (Lipinski definition) is 4. The second-order valence-corrected chi connectivity index (χ2v) is 5.77. The van der Waals surface area contributed by atoms with Crippen LogP contribution in [0.2, 0.25) is 0 Å². The lowest BCUT2D eigenvalue weighted by Crippen LogP contribution is -2.71. The third kappa shape index (κ3) is 2.71. The minimum Gasteiger partial charge on any atom is -0.415 e. The lowest BCUT2D eigenvalue weighted by molar-refractivity contribution is -0.435. The van der Waals surface area contributed by atoms with Crippen LogP contribution >= 0.6 is 0 Å². The van der Waals surface area contributed by atoms with E-state index in [9.17, 15) is 40.3 Å². The van der Waals surface area contributed by atoms with Gasteiger partial charge in [-0.15, -0.1) is 0 Å². The Kier molecular flexibility index (Phi) is 4.51. The molecule has 0 aromatic rings. The number of carbonyl (C=O) groups is 2. The summed E-state index contributed by atoms with van der Waals surface area (Å²) in [5, 5.41) is 0. The SMILES string of the molecule is O=C1CC(=O)OC(C2CCCCC2)(C(F)(F)C(F)(F)C(F)(F)F)O1. The summed E-state index contributed by atoms with van der Waals surface area (Å²) in [6.45, 7) is 0. The molecule has 138 valence electrons. The number of esters is 2. The van der Waals surface area contributed by atoms with Gasteiger partial charge in [0.25, 0.3) is 0 Å². The van der Waals surface area contributed by atoms with Gasteiger partial charge in [-0.1, -0.05) is 19.3 Å². The number of halogens is 7. The first kappa shape index (κ1) is 18.8. The molecule has 2 fully saturated rings. The fraction of sp³-hybridized carbons (Fsp3) is 0.846. The van der Waals surface area contributed by atoms with E-state index in [1.54, 1.807) is 0 Å². The Bertz CT molecular complexity index is 507. The fourth-order valence-corrected chi connectivity index (χ4v) is 2.98. The van der Waals surface area contributed by atoms with Crippen molar-refractivity contribution in [3.8, 4) is 0 Å². The normalized spacial score (nSPS) is 23.6. The van der Waals surface area contributed by atoms with E-state index in [2.05, 4.69) is 9.47 Å². The number of carbonyl (C=O) groups excluding carboxylic acids is 2. The van der Waals surface area contributed by atoms with Gasteiger partial charge in [0, 0.05) is 5.92 Å². The zero-order chi connectivity index (χ0) is 18.4. The topological polar surface area (TPSA) is 52.6 Å². The van der Waals surface area contributed by atoms with Crippen molar-refractivity contribution in [1.82, 2.24) is 0 Å². The molecular formula is C13H13F7O4. The molecule has 0 spiro atoms. The Hall–Kier alpha value is -1.55. The molecule has 0 bridgehead atoms. The molecule has 0 N–H and O–H groups in total. The van der Waals surface area contributed by atoms with Gasteiger partial charge in [-0.05, 0) is 12.8 Å². The highest BCUT2D eigenvalue weighted by molar-refractivity contribution is 5.93. The number of rotatable bonds is 3. The monoisotopic (exact) mass is 366 g/mol. The molecule has 4 nitrogen and oxygen atoms in total. The molecule has 1 aliphatic heterocycles. The van der Waals surface area contributed by atoms with Crippen molar-refractivity contribution in [1.29, 1.82) is 0 Å². The molecule has 0 amide bonds. The van der Waals surface area contributed by atoms with Gasteiger partial charge in [0.15, 0.2) is 0 Å². The van der Waals surface area contributed by atoms with E-state index in [-0.39, 0.29) is 25.7 Å². The maximum absolute atomic E-state index is 14.3. The summed E-state index contributed by atoms with van der Waals surface area (Å²) < 4.78 is 102. The zero-order valence-corrected chi connectivity index (χ0v) is 12.1. The van der Waals surface area contributed by atoms with Gasteiger partial charge in [-0.2, -0.15) is 30.7 Å². The van der Waals surface area contributed by atoms with Crippen LogP contribution in [0.1, 0.15) is 38.5 Å². The number of ether oxygens (including phenoxy) is 2. The van der Waals surface area contributed by atoms with Crippen molar-refractivity contribution < 1.29 is 49.8 Å². The predicted molar refractivity (Wildman–Crippen MR) is 62.1 cm³/mol. The van der Waals surface area contributed by atoms with Crippen LogP contribution in [0.4, 0.5) is 30.7 Å². The number of hydrogen-bond donors (Lipinski definition) is 0. The van der Waals surface area contributed by atoms with E-state index in [1.165, 1.54) is 0 Å². The maximum Gasteiger partial charge on any atom is 0.460 e. The predicted octanol–water partition coefficient (Wildman–Crippen LogP) is 3.59. The summed E-state index contributed by atoms with van der Waals surface area (Å²) in [5.74, 6) is -21.4. The third-order valence-corrected chi connectivity index (χ3v) is 4.15. The maximum atomic E-state index is 14.3. The molecule has 2 rings (SSSR count). The number of cyclic esters (lactones) is 2. The van der Waals surface area contributed by atoms with Crippen molar-refractivity contribution in [2.45, 2.75) is 62.3 Å². The minimum absolute atomic E-state index is 0.231. The molecule has 11 heteroatoms. The summed E-state index contributed by atoms with van der Waals surface area (Å²) in [4.78, 5) is 22.7. The lowest BCUT2D eigenvalue weighted by Gasteiger charge is -2.48. The first-order chi connectivity index (χ1) is 10.8. The van der Waals surface area contributed by atoms with Crippen molar-refractivity contribution in [2.24, 2.45) is 5.92 Å². The smallest absolute Gasteiger partial charge is 0.415 e. The molecule has 0 atom stereocenters. The first-order valence-electron chi connectivity index (χ1n) is 7.11. The van der Waals surface area contributed by atoms with Crippen LogP contribution in [0.5, 0.6) is 0 Å².